The number of nitrogens with one attached hydrogen (secondary N) is 2. The molecule has 2 aliphatic rings. The number of hydrogen-bond donors (Lipinski definition) is 2. The van der Waals surface area contributed by atoms with Crippen LogP contribution in [0.5, 0.6) is 0 Å². The molecule has 51 heavy (non-hydrogen) atoms. The van der Waals surface area contributed by atoms with Crippen molar-refractivity contribution in [2.45, 2.75) is 117 Å². The Morgan fingerprint density at radius 1 is 0.980 bits per heavy atom. The van der Waals surface area contributed by atoms with Gasteiger partial charge in [0.25, 0.3) is 5.56 Å². The highest BCUT2D eigenvalue weighted by atomic mass is 28.3. The normalized spacial score (nSPS) is 16.8. The predicted octanol–water partition coefficient (Wildman–Crippen LogP) is 5.83. The summed E-state index contributed by atoms with van der Waals surface area (Å²) in [6.07, 6.45) is -1.48. The van der Waals surface area contributed by atoms with Crippen molar-refractivity contribution >= 4 is 54.0 Å². The van der Waals surface area contributed by atoms with Crippen molar-refractivity contribution < 1.29 is 38.1 Å². The lowest BCUT2D eigenvalue weighted by Crippen LogP contribution is -2.47. The fraction of sp³-hybridized carbons (Fsp3) is 0.514. The molecule has 1 atom stereocenters. The van der Waals surface area contributed by atoms with Gasteiger partial charge < -0.3 is 28.8 Å². The lowest BCUT2D eigenvalue weighted by atomic mass is 9.85. The monoisotopic (exact) mass is 720 g/mol. The van der Waals surface area contributed by atoms with E-state index in [2.05, 4.69) is 30.7 Å². The minimum absolute atomic E-state index is 0.0133. The van der Waals surface area contributed by atoms with Gasteiger partial charge in [-0.1, -0.05) is 33.0 Å². The third-order valence-corrected chi connectivity index (χ3v) is 12.8. The number of alkyl carbamates (subject to hydrolysis) is 1. The topological polar surface area (TPSA) is 164 Å². The summed E-state index contributed by atoms with van der Waals surface area (Å²) in [6.45, 7) is 18.9. The highest BCUT2D eigenvalue weighted by molar-refractivity contribution is 6.91. The third-order valence-electron chi connectivity index (χ3n) is 9.15. The first-order valence-corrected chi connectivity index (χ1v) is 20.5. The minimum atomic E-state index is -2.15. The number of ether oxygens (including phenoxy) is 4. The molecule has 0 saturated heterocycles. The van der Waals surface area contributed by atoms with E-state index in [1.807, 2.05) is 12.1 Å². The Morgan fingerprint density at radius 2 is 1.65 bits per heavy atom. The standard InChI is InChI=1S/C37H48N4O9Si/c1-11-37(48-28(42)15-16-38-33(45)49-35(3,4)5)25-18-27-29-23(19-41(27)31(43)24(25)20-47-32(37)44)30(51(9,10)12-2)22-17-21(13-14-26(22)40-29)39-34(46)50-36(6,7)8/h13-14,17-18H,11-12,15-16,19-20H2,1-10H3,(H,38,45)(H,39,46)/t37-/m0/s1. The fourth-order valence-corrected chi connectivity index (χ4v) is 8.81. The first-order valence-electron chi connectivity index (χ1n) is 17.3. The number of benzene rings is 1. The van der Waals surface area contributed by atoms with Crippen molar-refractivity contribution in [1.82, 2.24) is 14.9 Å². The lowest BCUT2D eigenvalue weighted by molar-refractivity contribution is -0.189. The van der Waals surface area contributed by atoms with E-state index in [1.165, 1.54) is 0 Å². The van der Waals surface area contributed by atoms with Gasteiger partial charge in [0.2, 0.25) is 5.60 Å². The molecule has 13 nitrogen and oxygen atoms in total. The molecule has 0 unspecified atom stereocenters. The fourth-order valence-electron chi connectivity index (χ4n) is 6.51. The van der Waals surface area contributed by atoms with Crippen LogP contribution in [0.1, 0.15) is 84.9 Å². The summed E-state index contributed by atoms with van der Waals surface area (Å²) in [5.74, 6) is -1.53. The van der Waals surface area contributed by atoms with E-state index >= 15 is 0 Å². The zero-order valence-electron chi connectivity index (χ0n) is 31.1. The van der Waals surface area contributed by atoms with E-state index in [0.29, 0.717) is 22.6 Å². The van der Waals surface area contributed by atoms with E-state index in [-0.39, 0.29) is 49.2 Å². The van der Waals surface area contributed by atoms with Crippen LogP contribution in [0.25, 0.3) is 22.3 Å². The molecule has 274 valence electrons. The molecule has 1 aromatic carbocycles. The minimum Gasteiger partial charge on any atom is -0.457 e. The molecule has 2 amide bonds. The Kier molecular flexibility index (Phi) is 9.89. The number of nitrogens with zero attached hydrogens (tertiary/aromatic N) is 2. The second kappa shape index (κ2) is 13.4. The van der Waals surface area contributed by atoms with Gasteiger partial charge in [-0.05, 0) is 83.0 Å². The Balaban J connectivity index is 1.56. The zero-order valence-corrected chi connectivity index (χ0v) is 32.1. The molecule has 2 aromatic heterocycles. The van der Waals surface area contributed by atoms with Crippen molar-refractivity contribution in [3.63, 3.8) is 0 Å². The molecular weight excluding hydrogens is 673 g/mol. The number of hydrogen-bond acceptors (Lipinski definition) is 10. The Bertz CT molecular complexity index is 1990. The second-order valence-corrected chi connectivity index (χ2v) is 20.6. The third kappa shape index (κ3) is 7.51. The average Bonchev–Trinajstić information content (AvgIpc) is 3.37. The molecule has 2 N–H and O–H groups in total. The molecule has 3 aromatic rings. The summed E-state index contributed by atoms with van der Waals surface area (Å²) in [4.78, 5) is 70.6. The highest BCUT2D eigenvalue weighted by Crippen LogP contribution is 2.41. The molecule has 4 heterocycles. The van der Waals surface area contributed by atoms with Gasteiger partial charge in [-0.2, -0.15) is 0 Å². The lowest BCUT2D eigenvalue weighted by Gasteiger charge is -2.35. The van der Waals surface area contributed by atoms with E-state index in [0.717, 1.165) is 22.2 Å². The first kappa shape index (κ1) is 37.5. The van der Waals surface area contributed by atoms with Crippen LogP contribution in [0.15, 0.2) is 29.1 Å². The number of rotatable bonds is 8. The SMILES string of the molecule is CC[C@@]1(OC(=O)CCNC(=O)OC(C)(C)C)C(=O)OCc2c1cc1n(c2=O)Cc2c-1nc1ccc(NC(=O)OC(C)(C)C)cc1c2[Si](C)(C)CC. The van der Waals surface area contributed by atoms with E-state index < -0.39 is 49.0 Å². The molecule has 0 aliphatic carbocycles. The number of cyclic esters (lactones) is 1. The smallest absolute Gasteiger partial charge is 0.412 e. The summed E-state index contributed by atoms with van der Waals surface area (Å²) >= 11 is 0. The van der Waals surface area contributed by atoms with Crippen LogP contribution in [0.4, 0.5) is 15.3 Å². The molecule has 14 heteroatoms. The number of anilines is 1. The maximum atomic E-state index is 14.2. The quantitative estimate of drug-likeness (QED) is 0.129. The van der Waals surface area contributed by atoms with Gasteiger partial charge in [0, 0.05) is 23.2 Å². The van der Waals surface area contributed by atoms with Gasteiger partial charge in [-0.25, -0.2) is 19.4 Å². The van der Waals surface area contributed by atoms with E-state index in [4.69, 9.17) is 23.9 Å². The first-order chi connectivity index (χ1) is 23.7. The van der Waals surface area contributed by atoms with Crippen molar-refractivity contribution in [3.05, 3.63) is 51.3 Å². The number of amides is 2. The largest absolute Gasteiger partial charge is 0.457 e. The van der Waals surface area contributed by atoms with Gasteiger partial charge in [0.1, 0.15) is 17.8 Å². The molecule has 0 saturated carbocycles. The van der Waals surface area contributed by atoms with Crippen LogP contribution < -0.4 is 21.4 Å². The summed E-state index contributed by atoms with van der Waals surface area (Å²) in [6, 6.07) is 8.16. The summed E-state index contributed by atoms with van der Waals surface area (Å²) in [5, 5.41) is 7.37. The van der Waals surface area contributed by atoms with Crippen molar-refractivity contribution in [2.24, 2.45) is 0 Å². The van der Waals surface area contributed by atoms with Gasteiger partial charge >= 0.3 is 24.1 Å². The number of fused-ring (bicyclic) bond motifs is 5. The molecule has 0 fully saturated rings. The molecular formula is C37H48N4O9Si. The van der Waals surface area contributed by atoms with Crippen LogP contribution >= 0.6 is 0 Å². The van der Waals surface area contributed by atoms with Crippen molar-refractivity contribution in [2.75, 3.05) is 11.9 Å². The van der Waals surface area contributed by atoms with Gasteiger partial charge in [-0.3, -0.25) is 14.9 Å². The Hall–Kier alpha value is -4.72. The number of carbonyl (C=O) groups excluding carboxylic acids is 4. The Labute approximate surface area is 298 Å². The molecule has 0 bridgehead atoms. The number of esters is 2. The molecule has 0 radical (unpaired) electrons. The molecule has 0 spiro atoms. The summed E-state index contributed by atoms with van der Waals surface area (Å²) < 4.78 is 23.7. The number of pyridine rings is 2. The van der Waals surface area contributed by atoms with Crippen molar-refractivity contribution in [3.8, 4) is 11.4 Å². The van der Waals surface area contributed by atoms with Crippen LogP contribution in [-0.4, -0.2) is 59.5 Å². The summed E-state index contributed by atoms with van der Waals surface area (Å²) in [5.41, 5.74) is 0.213. The summed E-state index contributed by atoms with van der Waals surface area (Å²) in [7, 11) is -2.15. The number of carbonyl (C=O) groups is 4. The van der Waals surface area contributed by atoms with E-state index in [9.17, 15) is 24.0 Å². The molecule has 2 aliphatic heterocycles. The molecule has 5 rings (SSSR count). The van der Waals surface area contributed by atoms with Gasteiger partial charge in [0.05, 0.1) is 43.5 Å². The Morgan fingerprint density at radius 3 is 2.27 bits per heavy atom. The van der Waals surface area contributed by atoms with E-state index in [1.54, 1.807) is 65.2 Å². The van der Waals surface area contributed by atoms with Gasteiger partial charge in [-0.15, -0.1) is 0 Å². The zero-order chi connectivity index (χ0) is 37.7. The average molecular weight is 721 g/mol. The van der Waals surface area contributed by atoms with Crippen LogP contribution in [-0.2, 0) is 47.3 Å². The van der Waals surface area contributed by atoms with Gasteiger partial charge in [0.15, 0.2) is 0 Å². The maximum Gasteiger partial charge on any atom is 0.412 e. The predicted molar refractivity (Wildman–Crippen MR) is 195 cm³/mol. The van der Waals surface area contributed by atoms with Crippen LogP contribution in [0.2, 0.25) is 19.1 Å². The highest BCUT2D eigenvalue weighted by Gasteiger charge is 2.50. The second-order valence-electron chi connectivity index (χ2n) is 15.6. The van der Waals surface area contributed by atoms with Crippen LogP contribution in [0.3, 0.4) is 0 Å². The maximum absolute atomic E-state index is 14.2. The van der Waals surface area contributed by atoms with Crippen molar-refractivity contribution in [1.29, 1.82) is 0 Å². The van der Waals surface area contributed by atoms with Crippen LogP contribution in [0, 0.1) is 0 Å². The number of aromatic nitrogens is 2.